The standard InChI is InChI=1S/C19H26BrNO3/c1-13(2)19(11-18(4)12-23-18)9-10-21(17(22)24-19)14(3)15-5-7-16(20)8-6-15/h5-8,13-14H,9-12H2,1-4H3/t14-,18?,19-/m0/s1. The quantitative estimate of drug-likeness (QED) is 0.663. The lowest BCUT2D eigenvalue weighted by molar-refractivity contribution is -0.0961. The highest BCUT2D eigenvalue weighted by Gasteiger charge is 2.53. The molecule has 4 nitrogen and oxygen atoms in total. The summed E-state index contributed by atoms with van der Waals surface area (Å²) >= 11 is 3.45. The molecule has 5 heteroatoms. The second-order valence-corrected chi connectivity index (χ2v) is 8.59. The summed E-state index contributed by atoms with van der Waals surface area (Å²) in [5.74, 6) is 0.271. The first-order valence-electron chi connectivity index (χ1n) is 8.64. The Morgan fingerprint density at radius 3 is 2.38 bits per heavy atom. The zero-order chi connectivity index (χ0) is 17.5. The lowest BCUT2D eigenvalue weighted by Crippen LogP contribution is -2.54. The molecular weight excluding hydrogens is 370 g/mol. The number of amides is 1. The van der Waals surface area contributed by atoms with E-state index < -0.39 is 5.60 Å². The Hall–Kier alpha value is -1.07. The van der Waals surface area contributed by atoms with Crippen molar-refractivity contribution in [3.05, 3.63) is 34.3 Å². The van der Waals surface area contributed by atoms with E-state index in [1.807, 2.05) is 29.2 Å². The Morgan fingerprint density at radius 1 is 1.25 bits per heavy atom. The fraction of sp³-hybridized carbons (Fsp3) is 0.632. The normalized spacial score (nSPS) is 31.1. The van der Waals surface area contributed by atoms with Gasteiger partial charge < -0.3 is 14.4 Å². The summed E-state index contributed by atoms with van der Waals surface area (Å²) in [6.07, 6.45) is 1.41. The van der Waals surface area contributed by atoms with Crippen molar-refractivity contribution in [1.82, 2.24) is 4.90 Å². The first kappa shape index (κ1) is 17.7. The van der Waals surface area contributed by atoms with Gasteiger partial charge in [-0.25, -0.2) is 4.79 Å². The fourth-order valence-corrected chi connectivity index (χ4v) is 3.82. The first-order chi connectivity index (χ1) is 11.2. The van der Waals surface area contributed by atoms with Crippen molar-refractivity contribution < 1.29 is 14.3 Å². The molecule has 0 bridgehead atoms. The van der Waals surface area contributed by atoms with Gasteiger partial charge in [-0.05, 0) is 37.5 Å². The fourth-order valence-electron chi connectivity index (χ4n) is 3.55. The molecular formula is C19H26BrNO3. The van der Waals surface area contributed by atoms with E-state index in [0.717, 1.165) is 29.5 Å². The Labute approximate surface area is 152 Å². The smallest absolute Gasteiger partial charge is 0.410 e. The van der Waals surface area contributed by atoms with E-state index in [9.17, 15) is 4.79 Å². The number of carbonyl (C=O) groups is 1. The van der Waals surface area contributed by atoms with Crippen molar-refractivity contribution >= 4 is 22.0 Å². The molecule has 1 amide bonds. The first-order valence-corrected chi connectivity index (χ1v) is 9.43. The number of halogens is 1. The van der Waals surface area contributed by atoms with E-state index in [1.54, 1.807) is 0 Å². The molecule has 1 aromatic rings. The van der Waals surface area contributed by atoms with E-state index in [2.05, 4.69) is 43.6 Å². The summed E-state index contributed by atoms with van der Waals surface area (Å²) in [4.78, 5) is 14.6. The number of benzene rings is 1. The lowest BCUT2D eigenvalue weighted by atomic mass is 9.78. The monoisotopic (exact) mass is 395 g/mol. The second kappa shape index (κ2) is 6.34. The summed E-state index contributed by atoms with van der Waals surface area (Å²) in [5.41, 5.74) is 0.576. The molecule has 3 atom stereocenters. The molecule has 3 rings (SSSR count). The molecule has 2 saturated heterocycles. The van der Waals surface area contributed by atoms with E-state index in [0.29, 0.717) is 6.54 Å². The van der Waals surface area contributed by atoms with Crippen molar-refractivity contribution in [1.29, 1.82) is 0 Å². The number of nitrogens with zero attached hydrogens (tertiary/aromatic N) is 1. The van der Waals surface area contributed by atoms with Crippen LogP contribution in [0.5, 0.6) is 0 Å². The Balaban J connectivity index is 1.74. The molecule has 132 valence electrons. The average molecular weight is 396 g/mol. The molecule has 0 spiro atoms. The van der Waals surface area contributed by atoms with Gasteiger partial charge in [-0.2, -0.15) is 0 Å². The van der Waals surface area contributed by atoms with Crippen LogP contribution in [0.3, 0.4) is 0 Å². The number of rotatable bonds is 5. The number of hydrogen-bond donors (Lipinski definition) is 0. The van der Waals surface area contributed by atoms with E-state index in [4.69, 9.17) is 9.47 Å². The van der Waals surface area contributed by atoms with E-state index in [1.165, 1.54) is 0 Å². The van der Waals surface area contributed by atoms with Gasteiger partial charge in [0, 0.05) is 23.9 Å². The molecule has 0 aliphatic carbocycles. The highest BCUT2D eigenvalue weighted by Crippen LogP contribution is 2.44. The molecule has 1 aromatic carbocycles. The highest BCUT2D eigenvalue weighted by atomic mass is 79.9. The van der Waals surface area contributed by atoms with Crippen LogP contribution in [0.4, 0.5) is 4.79 Å². The van der Waals surface area contributed by atoms with Gasteiger partial charge in [0.2, 0.25) is 0 Å². The van der Waals surface area contributed by atoms with Crippen LogP contribution in [0.15, 0.2) is 28.7 Å². The molecule has 24 heavy (non-hydrogen) atoms. The predicted molar refractivity (Wildman–Crippen MR) is 96.9 cm³/mol. The average Bonchev–Trinajstić information content (AvgIpc) is 3.24. The molecule has 0 N–H and O–H groups in total. The minimum absolute atomic E-state index is 0.00326. The summed E-state index contributed by atoms with van der Waals surface area (Å²) in [7, 11) is 0. The number of ether oxygens (including phenoxy) is 2. The van der Waals surface area contributed by atoms with Gasteiger partial charge in [-0.3, -0.25) is 0 Å². The molecule has 0 saturated carbocycles. The molecule has 2 fully saturated rings. The summed E-state index contributed by atoms with van der Waals surface area (Å²) in [6.45, 7) is 9.89. The van der Waals surface area contributed by atoms with Crippen LogP contribution in [0, 0.1) is 5.92 Å². The van der Waals surface area contributed by atoms with Crippen LogP contribution >= 0.6 is 15.9 Å². The maximum Gasteiger partial charge on any atom is 0.410 e. The molecule has 1 unspecified atom stereocenters. The van der Waals surface area contributed by atoms with Gasteiger partial charge >= 0.3 is 6.09 Å². The number of epoxide rings is 1. The Bertz CT molecular complexity index is 612. The van der Waals surface area contributed by atoms with Crippen molar-refractivity contribution in [3.63, 3.8) is 0 Å². The lowest BCUT2D eigenvalue weighted by Gasteiger charge is -2.46. The molecule has 0 aromatic heterocycles. The third-order valence-corrected chi connectivity index (χ3v) is 6.01. The van der Waals surface area contributed by atoms with Gasteiger partial charge in [0.15, 0.2) is 0 Å². The molecule has 2 heterocycles. The summed E-state index contributed by atoms with van der Waals surface area (Å²) < 4.78 is 12.6. The Morgan fingerprint density at radius 2 is 1.88 bits per heavy atom. The van der Waals surface area contributed by atoms with Crippen LogP contribution in [-0.2, 0) is 9.47 Å². The van der Waals surface area contributed by atoms with Crippen LogP contribution < -0.4 is 0 Å². The molecule has 0 radical (unpaired) electrons. The van der Waals surface area contributed by atoms with Gasteiger partial charge in [0.25, 0.3) is 0 Å². The zero-order valence-electron chi connectivity index (χ0n) is 14.8. The van der Waals surface area contributed by atoms with Crippen LogP contribution in [-0.4, -0.2) is 35.3 Å². The molecule has 2 aliphatic rings. The van der Waals surface area contributed by atoms with Gasteiger partial charge in [0.1, 0.15) is 5.60 Å². The maximum absolute atomic E-state index is 12.8. The van der Waals surface area contributed by atoms with Crippen molar-refractivity contribution in [2.75, 3.05) is 13.2 Å². The highest BCUT2D eigenvalue weighted by molar-refractivity contribution is 9.10. The van der Waals surface area contributed by atoms with Crippen LogP contribution in [0.1, 0.15) is 52.1 Å². The third-order valence-electron chi connectivity index (χ3n) is 5.48. The number of hydrogen-bond acceptors (Lipinski definition) is 3. The number of carbonyl (C=O) groups excluding carboxylic acids is 1. The van der Waals surface area contributed by atoms with Crippen molar-refractivity contribution in [3.8, 4) is 0 Å². The zero-order valence-corrected chi connectivity index (χ0v) is 16.4. The molecule has 2 aliphatic heterocycles. The maximum atomic E-state index is 12.8. The van der Waals surface area contributed by atoms with E-state index >= 15 is 0 Å². The minimum Gasteiger partial charge on any atom is -0.442 e. The SMILES string of the molecule is CC(C)[C@@]1(CC2(C)CO2)CCN([C@@H](C)c2ccc(Br)cc2)C(=O)O1. The second-order valence-electron chi connectivity index (χ2n) is 7.67. The number of cyclic esters (lactones) is 1. The van der Waals surface area contributed by atoms with Gasteiger partial charge in [0.05, 0.1) is 18.2 Å². The van der Waals surface area contributed by atoms with Crippen LogP contribution in [0.25, 0.3) is 0 Å². The van der Waals surface area contributed by atoms with E-state index in [-0.39, 0.29) is 23.7 Å². The predicted octanol–water partition coefficient (Wildman–Crippen LogP) is 4.93. The topological polar surface area (TPSA) is 42.1 Å². The largest absolute Gasteiger partial charge is 0.442 e. The summed E-state index contributed by atoms with van der Waals surface area (Å²) in [6, 6.07) is 8.11. The third kappa shape index (κ3) is 3.47. The van der Waals surface area contributed by atoms with Gasteiger partial charge in [-0.15, -0.1) is 0 Å². The Kier molecular flexibility index (Phi) is 4.69. The van der Waals surface area contributed by atoms with Gasteiger partial charge in [-0.1, -0.05) is 41.9 Å². The van der Waals surface area contributed by atoms with Crippen LogP contribution in [0.2, 0.25) is 0 Å². The van der Waals surface area contributed by atoms with Crippen molar-refractivity contribution in [2.24, 2.45) is 5.92 Å². The minimum atomic E-state index is -0.418. The summed E-state index contributed by atoms with van der Waals surface area (Å²) in [5, 5.41) is 0. The van der Waals surface area contributed by atoms with Crippen molar-refractivity contribution in [2.45, 2.75) is 57.8 Å².